The molecule has 0 unspecified atom stereocenters. The smallest absolute Gasteiger partial charge is 0.347 e. The van der Waals surface area contributed by atoms with Crippen molar-refractivity contribution < 1.29 is 9.90 Å². The molecule has 21 heavy (non-hydrogen) atoms. The third-order valence-corrected chi connectivity index (χ3v) is 4.36. The first-order valence-electron chi connectivity index (χ1n) is 6.77. The number of aryl methyl sites for hydroxylation is 1. The Kier molecular flexibility index (Phi) is 3.66. The van der Waals surface area contributed by atoms with Crippen LogP contribution in [-0.2, 0) is 6.42 Å². The molecule has 106 valence electrons. The Bertz CT molecular complexity index is 811. The van der Waals surface area contributed by atoms with Gasteiger partial charge in [-0.25, -0.2) is 9.78 Å². The van der Waals surface area contributed by atoms with E-state index < -0.39 is 5.97 Å². The van der Waals surface area contributed by atoms with E-state index in [1.165, 1.54) is 11.3 Å². The van der Waals surface area contributed by atoms with E-state index in [1.807, 2.05) is 37.3 Å². The average Bonchev–Trinajstić information content (AvgIpc) is 2.91. The van der Waals surface area contributed by atoms with E-state index in [4.69, 9.17) is 0 Å². The van der Waals surface area contributed by atoms with E-state index in [9.17, 15) is 9.90 Å². The fourth-order valence-electron chi connectivity index (χ4n) is 2.26. The fraction of sp³-hybridized carbons (Fsp3) is 0.188. The van der Waals surface area contributed by atoms with E-state index >= 15 is 0 Å². The second kappa shape index (κ2) is 5.61. The third kappa shape index (κ3) is 2.64. The van der Waals surface area contributed by atoms with Gasteiger partial charge in [0.2, 0.25) is 0 Å². The molecule has 2 aromatic heterocycles. The molecule has 5 heteroatoms. The van der Waals surface area contributed by atoms with Gasteiger partial charge < -0.3 is 5.11 Å². The van der Waals surface area contributed by atoms with Crippen molar-refractivity contribution in [2.24, 2.45) is 0 Å². The number of pyridine rings is 1. The minimum absolute atomic E-state index is 0.345. The number of aromatic carboxylic acids is 1. The molecular weight excluding hydrogens is 284 g/mol. The molecule has 0 saturated heterocycles. The van der Waals surface area contributed by atoms with E-state index in [0.717, 1.165) is 27.9 Å². The molecular formula is C16H14N2O2S. The molecule has 1 N–H and O–H groups in total. The SMILES string of the molecule is CCCc1nc(-c2ccc3ncccc3c2)sc1C(=O)O. The highest BCUT2D eigenvalue weighted by Gasteiger charge is 2.17. The number of aromatic nitrogens is 2. The Labute approximate surface area is 126 Å². The number of fused-ring (bicyclic) bond motifs is 1. The van der Waals surface area contributed by atoms with E-state index in [2.05, 4.69) is 9.97 Å². The maximum Gasteiger partial charge on any atom is 0.347 e. The first-order chi connectivity index (χ1) is 10.2. The summed E-state index contributed by atoms with van der Waals surface area (Å²) in [6.07, 6.45) is 3.33. The van der Waals surface area contributed by atoms with Gasteiger partial charge in [-0.1, -0.05) is 19.4 Å². The van der Waals surface area contributed by atoms with Crippen LogP contribution in [0.25, 0.3) is 21.5 Å². The lowest BCUT2D eigenvalue weighted by Crippen LogP contribution is -1.98. The van der Waals surface area contributed by atoms with Gasteiger partial charge in [0.15, 0.2) is 0 Å². The summed E-state index contributed by atoms with van der Waals surface area (Å²) in [5.41, 5.74) is 2.53. The van der Waals surface area contributed by atoms with E-state index in [-0.39, 0.29) is 0 Å². The van der Waals surface area contributed by atoms with Gasteiger partial charge in [0.25, 0.3) is 0 Å². The Balaban J connectivity index is 2.09. The maximum absolute atomic E-state index is 11.3. The largest absolute Gasteiger partial charge is 0.477 e. The number of carboxylic acid groups (broad SMARTS) is 1. The van der Waals surface area contributed by atoms with E-state index in [0.29, 0.717) is 17.0 Å². The maximum atomic E-state index is 11.3. The van der Waals surface area contributed by atoms with Crippen LogP contribution in [-0.4, -0.2) is 21.0 Å². The van der Waals surface area contributed by atoms with Gasteiger partial charge in [0, 0.05) is 17.1 Å². The molecule has 3 aromatic rings. The van der Waals surface area contributed by atoms with Crippen molar-refractivity contribution >= 4 is 28.2 Å². The van der Waals surface area contributed by atoms with Crippen LogP contribution in [0.15, 0.2) is 36.5 Å². The standard InChI is InChI=1S/C16H14N2O2S/c1-2-4-13-14(16(19)20)21-15(18-13)11-6-7-12-10(9-11)5-3-8-17-12/h3,5-9H,2,4H2,1H3,(H,19,20). The number of carbonyl (C=O) groups is 1. The molecule has 0 aliphatic rings. The monoisotopic (exact) mass is 298 g/mol. The van der Waals surface area contributed by atoms with Crippen molar-refractivity contribution in [1.82, 2.24) is 9.97 Å². The lowest BCUT2D eigenvalue weighted by molar-refractivity contribution is 0.0700. The van der Waals surface area contributed by atoms with Gasteiger partial charge in [-0.2, -0.15) is 0 Å². The van der Waals surface area contributed by atoms with Crippen molar-refractivity contribution in [3.8, 4) is 10.6 Å². The van der Waals surface area contributed by atoms with Crippen molar-refractivity contribution in [2.45, 2.75) is 19.8 Å². The van der Waals surface area contributed by atoms with Crippen LogP contribution < -0.4 is 0 Å². The molecule has 0 aliphatic carbocycles. The molecule has 0 radical (unpaired) electrons. The molecule has 1 aromatic carbocycles. The first kappa shape index (κ1) is 13.7. The number of thiazole rings is 1. The minimum atomic E-state index is -0.898. The zero-order valence-corrected chi connectivity index (χ0v) is 12.4. The molecule has 3 rings (SSSR count). The summed E-state index contributed by atoms with van der Waals surface area (Å²) in [6, 6.07) is 9.76. The lowest BCUT2D eigenvalue weighted by Gasteiger charge is -1.99. The second-order valence-electron chi connectivity index (χ2n) is 4.76. The summed E-state index contributed by atoms with van der Waals surface area (Å²) in [6.45, 7) is 2.02. The van der Waals surface area contributed by atoms with Crippen LogP contribution in [0.4, 0.5) is 0 Å². The van der Waals surface area contributed by atoms with Crippen LogP contribution in [0, 0.1) is 0 Å². The number of benzene rings is 1. The Morgan fingerprint density at radius 1 is 1.33 bits per heavy atom. The van der Waals surface area contributed by atoms with Crippen molar-refractivity contribution in [2.75, 3.05) is 0 Å². The van der Waals surface area contributed by atoms with Gasteiger partial charge in [0.1, 0.15) is 9.88 Å². The predicted molar refractivity (Wildman–Crippen MR) is 83.8 cm³/mol. The lowest BCUT2D eigenvalue weighted by atomic mass is 10.1. The van der Waals surface area contributed by atoms with Crippen molar-refractivity contribution in [3.63, 3.8) is 0 Å². The molecule has 0 atom stereocenters. The zero-order valence-electron chi connectivity index (χ0n) is 11.5. The number of hydrogen-bond acceptors (Lipinski definition) is 4. The Morgan fingerprint density at radius 3 is 2.95 bits per heavy atom. The normalized spacial score (nSPS) is 10.9. The number of carboxylic acids is 1. The molecule has 0 saturated carbocycles. The fourth-order valence-corrected chi connectivity index (χ4v) is 3.20. The Morgan fingerprint density at radius 2 is 2.19 bits per heavy atom. The van der Waals surface area contributed by atoms with Crippen LogP contribution >= 0.6 is 11.3 Å². The predicted octanol–water partition coefficient (Wildman–Crippen LogP) is 4.01. The molecule has 4 nitrogen and oxygen atoms in total. The molecule has 0 bridgehead atoms. The van der Waals surface area contributed by atoms with Crippen LogP contribution in [0.1, 0.15) is 28.7 Å². The highest BCUT2D eigenvalue weighted by molar-refractivity contribution is 7.17. The number of hydrogen-bond donors (Lipinski definition) is 1. The summed E-state index contributed by atoms with van der Waals surface area (Å²) in [5.74, 6) is -0.898. The molecule has 0 spiro atoms. The topological polar surface area (TPSA) is 63.1 Å². The second-order valence-corrected chi connectivity index (χ2v) is 5.76. The third-order valence-electron chi connectivity index (χ3n) is 3.23. The van der Waals surface area contributed by atoms with Gasteiger partial charge >= 0.3 is 5.97 Å². The number of nitrogens with zero attached hydrogens (tertiary/aromatic N) is 2. The van der Waals surface area contributed by atoms with Crippen molar-refractivity contribution in [1.29, 1.82) is 0 Å². The average molecular weight is 298 g/mol. The van der Waals surface area contributed by atoms with Gasteiger partial charge in [-0.3, -0.25) is 4.98 Å². The van der Waals surface area contributed by atoms with Crippen LogP contribution in [0.3, 0.4) is 0 Å². The van der Waals surface area contributed by atoms with Gasteiger partial charge in [0.05, 0.1) is 11.2 Å². The van der Waals surface area contributed by atoms with Gasteiger partial charge in [-0.05, 0) is 30.7 Å². The zero-order chi connectivity index (χ0) is 14.8. The van der Waals surface area contributed by atoms with Gasteiger partial charge in [-0.15, -0.1) is 11.3 Å². The number of rotatable bonds is 4. The first-order valence-corrected chi connectivity index (χ1v) is 7.59. The highest BCUT2D eigenvalue weighted by atomic mass is 32.1. The summed E-state index contributed by atoms with van der Waals surface area (Å²) < 4.78 is 0. The Hall–Kier alpha value is -2.27. The quantitative estimate of drug-likeness (QED) is 0.790. The van der Waals surface area contributed by atoms with Crippen LogP contribution in [0.2, 0.25) is 0 Å². The molecule has 0 amide bonds. The summed E-state index contributed by atoms with van der Waals surface area (Å²) >= 11 is 1.24. The summed E-state index contributed by atoms with van der Waals surface area (Å²) in [5, 5.41) is 11.1. The summed E-state index contributed by atoms with van der Waals surface area (Å²) in [7, 11) is 0. The minimum Gasteiger partial charge on any atom is -0.477 e. The molecule has 0 fully saturated rings. The van der Waals surface area contributed by atoms with Crippen molar-refractivity contribution in [3.05, 3.63) is 47.1 Å². The van der Waals surface area contributed by atoms with E-state index in [1.54, 1.807) is 6.20 Å². The summed E-state index contributed by atoms with van der Waals surface area (Å²) in [4.78, 5) is 20.5. The highest BCUT2D eigenvalue weighted by Crippen LogP contribution is 2.30. The molecule has 2 heterocycles. The van der Waals surface area contributed by atoms with Crippen LogP contribution in [0.5, 0.6) is 0 Å². The molecule has 0 aliphatic heterocycles.